The van der Waals surface area contributed by atoms with E-state index in [0.29, 0.717) is 25.4 Å². The number of carbonyl (C=O) groups excluding carboxylic acids is 2. The molecular formula is C32H39F2N3O5. The van der Waals surface area contributed by atoms with Crippen LogP contribution in [0.4, 0.5) is 8.78 Å². The largest absolute Gasteiger partial charge is 0.507 e. The molecule has 0 spiro atoms. The van der Waals surface area contributed by atoms with E-state index in [1.165, 1.54) is 18.2 Å². The lowest BCUT2D eigenvalue weighted by molar-refractivity contribution is 0.0752. The first-order chi connectivity index (χ1) is 20.1. The van der Waals surface area contributed by atoms with Gasteiger partial charge in [0.25, 0.3) is 11.8 Å². The number of nitrogens with one attached hydrogen (secondary N) is 2. The quantitative estimate of drug-likeness (QED) is 0.211. The van der Waals surface area contributed by atoms with Gasteiger partial charge >= 0.3 is 0 Å². The molecule has 0 aliphatic heterocycles. The molecule has 2 atom stereocenters. The average Bonchev–Trinajstić information content (AvgIpc) is 2.96. The van der Waals surface area contributed by atoms with Crippen molar-refractivity contribution in [3.63, 3.8) is 0 Å². The first kappa shape index (κ1) is 32.5. The molecule has 0 bridgehead atoms. The van der Waals surface area contributed by atoms with Crippen LogP contribution in [0, 0.1) is 11.6 Å². The molecule has 0 aliphatic carbocycles. The summed E-state index contributed by atoms with van der Waals surface area (Å²) in [5, 5.41) is 27.4. The van der Waals surface area contributed by atoms with Crippen molar-refractivity contribution in [1.29, 1.82) is 0 Å². The van der Waals surface area contributed by atoms with Gasteiger partial charge in [-0.3, -0.25) is 9.59 Å². The van der Waals surface area contributed by atoms with Crippen molar-refractivity contribution in [2.24, 2.45) is 0 Å². The number of aliphatic hydroxyl groups is 1. The Kier molecular flexibility index (Phi) is 12.3. The Morgan fingerprint density at radius 3 is 2.29 bits per heavy atom. The Bertz CT molecular complexity index is 1330. The number of phenols is 1. The number of aromatic hydroxyl groups is 1. The Morgan fingerprint density at radius 2 is 1.64 bits per heavy atom. The van der Waals surface area contributed by atoms with Crippen molar-refractivity contribution >= 4 is 11.8 Å². The van der Waals surface area contributed by atoms with Gasteiger partial charge in [-0.05, 0) is 72.9 Å². The zero-order valence-electron chi connectivity index (χ0n) is 24.2. The molecular weight excluding hydrogens is 544 g/mol. The van der Waals surface area contributed by atoms with Crippen molar-refractivity contribution in [3.8, 4) is 11.5 Å². The van der Waals surface area contributed by atoms with Crippen LogP contribution in [0.1, 0.15) is 58.5 Å². The topological polar surface area (TPSA) is 111 Å². The van der Waals surface area contributed by atoms with Gasteiger partial charge in [-0.25, -0.2) is 8.78 Å². The molecule has 3 aromatic rings. The maximum atomic E-state index is 13.9. The number of nitrogens with zero attached hydrogens (tertiary/aromatic N) is 1. The molecule has 4 N–H and O–H groups in total. The number of hydrogen-bond acceptors (Lipinski definition) is 6. The van der Waals surface area contributed by atoms with Gasteiger partial charge in [0.05, 0.1) is 24.8 Å². The van der Waals surface area contributed by atoms with Gasteiger partial charge in [-0.1, -0.05) is 26.0 Å². The fraction of sp³-hybridized carbons (Fsp3) is 0.375. The van der Waals surface area contributed by atoms with E-state index in [1.807, 2.05) is 38.1 Å². The van der Waals surface area contributed by atoms with Crippen LogP contribution >= 0.6 is 0 Å². The first-order valence-electron chi connectivity index (χ1n) is 14.0. The number of amides is 2. The molecule has 8 nitrogen and oxygen atoms in total. The van der Waals surface area contributed by atoms with Gasteiger partial charge in [0, 0.05) is 37.8 Å². The van der Waals surface area contributed by atoms with Crippen molar-refractivity contribution in [1.82, 2.24) is 15.5 Å². The summed E-state index contributed by atoms with van der Waals surface area (Å²) in [4.78, 5) is 28.1. The van der Waals surface area contributed by atoms with Crippen molar-refractivity contribution in [2.75, 3.05) is 26.7 Å². The molecule has 0 aliphatic rings. The SMILES string of the molecule is CCCN(CCC)C(=O)c1cc(C(=O)N[C@@H](Cc2cc(F)cc(F)c2)[C@H](O)CNCc2cccc(OC)c2)ccc1O. The molecule has 0 aromatic heterocycles. The second-order valence-corrected chi connectivity index (χ2v) is 10.1. The lowest BCUT2D eigenvalue weighted by Gasteiger charge is -2.25. The molecule has 0 heterocycles. The van der Waals surface area contributed by atoms with Gasteiger partial charge in [0.15, 0.2) is 0 Å². The normalized spacial score (nSPS) is 12.4. The number of carbonyl (C=O) groups is 2. The summed E-state index contributed by atoms with van der Waals surface area (Å²) in [6.07, 6.45) is 0.263. The molecule has 2 amide bonds. The molecule has 10 heteroatoms. The minimum atomic E-state index is -1.14. The Morgan fingerprint density at radius 1 is 0.952 bits per heavy atom. The maximum Gasteiger partial charge on any atom is 0.257 e. The number of halogens is 2. The van der Waals surface area contributed by atoms with E-state index in [9.17, 15) is 28.6 Å². The van der Waals surface area contributed by atoms with Crippen LogP contribution in [-0.2, 0) is 13.0 Å². The molecule has 0 unspecified atom stereocenters. The summed E-state index contributed by atoms with van der Waals surface area (Å²) in [6.45, 7) is 5.36. The highest BCUT2D eigenvalue weighted by Crippen LogP contribution is 2.22. The molecule has 0 saturated carbocycles. The monoisotopic (exact) mass is 583 g/mol. The number of rotatable bonds is 15. The van der Waals surface area contributed by atoms with Gasteiger partial charge in [-0.15, -0.1) is 0 Å². The number of ether oxygens (including phenoxy) is 1. The second kappa shape index (κ2) is 15.8. The van der Waals surface area contributed by atoms with E-state index in [2.05, 4.69) is 10.6 Å². The van der Waals surface area contributed by atoms with Crippen LogP contribution in [0.3, 0.4) is 0 Å². The van der Waals surface area contributed by atoms with E-state index in [0.717, 1.165) is 36.6 Å². The smallest absolute Gasteiger partial charge is 0.257 e. The van der Waals surface area contributed by atoms with Crippen LogP contribution in [0.5, 0.6) is 11.5 Å². The van der Waals surface area contributed by atoms with Gasteiger partial charge < -0.3 is 30.5 Å². The molecule has 0 fully saturated rings. The summed E-state index contributed by atoms with van der Waals surface area (Å²) in [6, 6.07) is 13.5. The number of aliphatic hydroxyl groups excluding tert-OH is 1. The Labute approximate surface area is 245 Å². The lowest BCUT2D eigenvalue weighted by Crippen LogP contribution is -2.48. The number of methoxy groups -OCH3 is 1. The summed E-state index contributed by atoms with van der Waals surface area (Å²) < 4.78 is 33.1. The minimum Gasteiger partial charge on any atom is -0.507 e. The average molecular weight is 584 g/mol. The fourth-order valence-corrected chi connectivity index (χ4v) is 4.68. The van der Waals surface area contributed by atoms with E-state index >= 15 is 0 Å². The van der Waals surface area contributed by atoms with E-state index in [4.69, 9.17) is 4.74 Å². The van der Waals surface area contributed by atoms with Crippen molar-refractivity contribution < 1.29 is 33.3 Å². The lowest BCUT2D eigenvalue weighted by atomic mass is 9.99. The van der Waals surface area contributed by atoms with Crippen molar-refractivity contribution in [2.45, 2.75) is 51.8 Å². The van der Waals surface area contributed by atoms with Crippen molar-refractivity contribution in [3.05, 3.63) is 94.6 Å². The maximum absolute atomic E-state index is 13.9. The third-order valence-electron chi connectivity index (χ3n) is 6.74. The molecule has 226 valence electrons. The molecule has 3 rings (SSSR count). The Hall–Kier alpha value is -4.02. The van der Waals surface area contributed by atoms with Crippen LogP contribution in [-0.4, -0.2) is 65.8 Å². The molecule has 3 aromatic carbocycles. The first-order valence-corrected chi connectivity index (χ1v) is 14.0. The summed E-state index contributed by atoms with van der Waals surface area (Å²) >= 11 is 0. The van der Waals surface area contributed by atoms with Crippen LogP contribution < -0.4 is 15.4 Å². The zero-order chi connectivity index (χ0) is 30.6. The third kappa shape index (κ3) is 9.25. The molecule has 0 saturated heterocycles. The van der Waals surface area contributed by atoms with Gasteiger partial charge in [0.1, 0.15) is 23.1 Å². The summed E-state index contributed by atoms with van der Waals surface area (Å²) in [5.74, 6) is -2.11. The van der Waals surface area contributed by atoms with Crippen LogP contribution in [0.15, 0.2) is 60.7 Å². The van der Waals surface area contributed by atoms with Gasteiger partial charge in [-0.2, -0.15) is 0 Å². The highest BCUT2D eigenvalue weighted by molar-refractivity contribution is 6.01. The number of hydrogen-bond donors (Lipinski definition) is 4. The fourth-order valence-electron chi connectivity index (χ4n) is 4.68. The molecule has 0 radical (unpaired) electrons. The molecule has 42 heavy (non-hydrogen) atoms. The van der Waals surface area contributed by atoms with E-state index in [-0.39, 0.29) is 41.3 Å². The van der Waals surface area contributed by atoms with E-state index < -0.39 is 29.7 Å². The number of phenolic OH excluding ortho intramolecular Hbond substituents is 1. The van der Waals surface area contributed by atoms with E-state index in [1.54, 1.807) is 12.0 Å². The highest BCUT2D eigenvalue weighted by atomic mass is 19.1. The minimum absolute atomic E-state index is 0.00574. The highest BCUT2D eigenvalue weighted by Gasteiger charge is 2.25. The second-order valence-electron chi connectivity index (χ2n) is 10.1. The predicted octanol–water partition coefficient (Wildman–Crippen LogP) is 4.43. The van der Waals surface area contributed by atoms with Gasteiger partial charge in [0.2, 0.25) is 0 Å². The number of benzene rings is 3. The summed E-state index contributed by atoms with van der Waals surface area (Å²) in [5.41, 5.74) is 1.25. The Balaban J connectivity index is 1.80. The standard InChI is InChI=1S/C32H39F2N3O5/c1-4-11-37(12-5-2)32(41)27-17-23(9-10-29(27)38)31(40)36-28(16-22-13-24(33)18-25(34)14-22)30(39)20-35-19-21-7-6-8-26(15-21)42-3/h6-10,13-15,17-18,28,30,35,38-39H,4-5,11-12,16,19-20H2,1-3H3,(H,36,40)/t28-,30+/m0/s1. The van der Waals surface area contributed by atoms with Crippen LogP contribution in [0.2, 0.25) is 0 Å². The zero-order valence-corrected chi connectivity index (χ0v) is 24.2. The van der Waals surface area contributed by atoms with Crippen LogP contribution in [0.25, 0.3) is 0 Å². The predicted molar refractivity (Wildman–Crippen MR) is 157 cm³/mol. The third-order valence-corrected chi connectivity index (χ3v) is 6.74. The summed E-state index contributed by atoms with van der Waals surface area (Å²) in [7, 11) is 1.57.